The quantitative estimate of drug-likeness (QED) is 0.660. The molecule has 18 heavy (non-hydrogen) atoms. The Labute approximate surface area is 105 Å². The SMILES string of the molecule is Cc1c(NC(C)c2ccoc2)cccc1[N+](=O)[O-]. The van der Waals surface area contributed by atoms with Gasteiger partial charge in [0.2, 0.25) is 0 Å². The molecule has 1 N–H and O–H groups in total. The van der Waals surface area contributed by atoms with Gasteiger partial charge < -0.3 is 9.73 Å². The zero-order valence-corrected chi connectivity index (χ0v) is 10.2. The van der Waals surface area contributed by atoms with Crippen LogP contribution in [-0.2, 0) is 0 Å². The van der Waals surface area contributed by atoms with E-state index in [0.29, 0.717) is 5.56 Å². The number of hydrogen-bond donors (Lipinski definition) is 1. The van der Waals surface area contributed by atoms with E-state index in [1.807, 2.05) is 19.1 Å². The van der Waals surface area contributed by atoms with Gasteiger partial charge in [0.05, 0.1) is 23.5 Å². The topological polar surface area (TPSA) is 68.3 Å². The summed E-state index contributed by atoms with van der Waals surface area (Å²) < 4.78 is 5.02. The molecule has 1 atom stereocenters. The molecule has 1 heterocycles. The molecule has 5 heteroatoms. The number of nitrogens with zero attached hydrogens (tertiary/aromatic N) is 1. The Balaban J connectivity index is 2.24. The summed E-state index contributed by atoms with van der Waals surface area (Å²) in [6.45, 7) is 3.71. The van der Waals surface area contributed by atoms with Crippen molar-refractivity contribution in [1.82, 2.24) is 0 Å². The molecule has 0 aliphatic rings. The number of rotatable bonds is 4. The number of anilines is 1. The fraction of sp³-hybridized carbons (Fsp3) is 0.231. The normalized spacial score (nSPS) is 12.1. The number of nitro groups is 1. The minimum Gasteiger partial charge on any atom is -0.472 e. The highest BCUT2D eigenvalue weighted by Crippen LogP contribution is 2.28. The van der Waals surface area contributed by atoms with Crippen molar-refractivity contribution in [1.29, 1.82) is 0 Å². The second-order valence-corrected chi connectivity index (χ2v) is 4.13. The summed E-state index contributed by atoms with van der Waals surface area (Å²) in [6.07, 6.45) is 3.26. The lowest BCUT2D eigenvalue weighted by atomic mass is 10.1. The molecule has 0 saturated heterocycles. The van der Waals surface area contributed by atoms with E-state index in [9.17, 15) is 10.1 Å². The summed E-state index contributed by atoms with van der Waals surface area (Å²) in [6, 6.07) is 6.91. The van der Waals surface area contributed by atoms with Gasteiger partial charge in [-0.05, 0) is 26.0 Å². The minimum atomic E-state index is -0.372. The molecule has 5 nitrogen and oxygen atoms in total. The summed E-state index contributed by atoms with van der Waals surface area (Å²) >= 11 is 0. The molecule has 94 valence electrons. The first-order valence-corrected chi connectivity index (χ1v) is 5.62. The molecular weight excluding hydrogens is 232 g/mol. The number of hydrogen-bond acceptors (Lipinski definition) is 4. The van der Waals surface area contributed by atoms with Crippen molar-refractivity contribution in [3.63, 3.8) is 0 Å². The summed E-state index contributed by atoms with van der Waals surface area (Å²) in [5, 5.41) is 14.1. The number of benzene rings is 1. The first-order valence-electron chi connectivity index (χ1n) is 5.62. The number of nitrogens with one attached hydrogen (secondary N) is 1. The highest BCUT2D eigenvalue weighted by molar-refractivity contribution is 5.60. The monoisotopic (exact) mass is 246 g/mol. The van der Waals surface area contributed by atoms with Gasteiger partial charge in [-0.15, -0.1) is 0 Å². The second kappa shape index (κ2) is 4.91. The second-order valence-electron chi connectivity index (χ2n) is 4.13. The van der Waals surface area contributed by atoms with Crippen LogP contribution in [0.5, 0.6) is 0 Å². The molecule has 2 aromatic rings. The molecule has 0 bridgehead atoms. The van der Waals surface area contributed by atoms with E-state index in [0.717, 1.165) is 11.3 Å². The molecule has 2 rings (SSSR count). The molecule has 0 radical (unpaired) electrons. The molecule has 0 fully saturated rings. The van der Waals surface area contributed by atoms with Gasteiger partial charge in [0.25, 0.3) is 5.69 Å². The van der Waals surface area contributed by atoms with E-state index < -0.39 is 0 Å². The van der Waals surface area contributed by atoms with Crippen molar-refractivity contribution >= 4 is 11.4 Å². The molecule has 0 spiro atoms. The third kappa shape index (κ3) is 2.34. The van der Waals surface area contributed by atoms with E-state index in [4.69, 9.17) is 4.42 Å². The van der Waals surface area contributed by atoms with Crippen molar-refractivity contribution in [3.05, 3.63) is 58.0 Å². The zero-order chi connectivity index (χ0) is 13.1. The van der Waals surface area contributed by atoms with Crippen molar-refractivity contribution in [3.8, 4) is 0 Å². The minimum absolute atomic E-state index is 0.0319. The lowest BCUT2D eigenvalue weighted by molar-refractivity contribution is -0.385. The van der Waals surface area contributed by atoms with Crippen LogP contribution in [0.1, 0.15) is 24.1 Å². The first-order chi connectivity index (χ1) is 8.59. The van der Waals surface area contributed by atoms with E-state index >= 15 is 0 Å². The predicted octanol–water partition coefficient (Wildman–Crippen LogP) is 3.67. The number of nitro benzene ring substituents is 1. The van der Waals surface area contributed by atoms with Crippen molar-refractivity contribution < 1.29 is 9.34 Å². The zero-order valence-electron chi connectivity index (χ0n) is 10.2. The van der Waals surface area contributed by atoms with Crippen LogP contribution in [0.25, 0.3) is 0 Å². The lowest BCUT2D eigenvalue weighted by Gasteiger charge is -2.15. The first kappa shape index (κ1) is 12.2. The Morgan fingerprint density at radius 1 is 1.39 bits per heavy atom. The van der Waals surface area contributed by atoms with Crippen LogP contribution in [0.4, 0.5) is 11.4 Å². The maximum atomic E-state index is 10.9. The van der Waals surface area contributed by atoms with E-state index in [1.165, 1.54) is 6.07 Å². The van der Waals surface area contributed by atoms with Crippen LogP contribution in [-0.4, -0.2) is 4.92 Å². The Morgan fingerprint density at radius 3 is 2.78 bits per heavy atom. The molecule has 0 saturated carbocycles. The van der Waals surface area contributed by atoms with Crippen LogP contribution in [0.15, 0.2) is 41.2 Å². The van der Waals surface area contributed by atoms with Gasteiger partial charge in [-0.25, -0.2) is 0 Å². The van der Waals surface area contributed by atoms with E-state index in [2.05, 4.69) is 5.32 Å². The van der Waals surface area contributed by atoms with Crippen LogP contribution < -0.4 is 5.32 Å². The van der Waals surface area contributed by atoms with Gasteiger partial charge in [-0.1, -0.05) is 6.07 Å². The van der Waals surface area contributed by atoms with Crippen LogP contribution in [0, 0.1) is 17.0 Å². The molecule has 1 aromatic heterocycles. The van der Waals surface area contributed by atoms with Gasteiger partial charge in [0.1, 0.15) is 0 Å². The predicted molar refractivity (Wildman–Crippen MR) is 68.6 cm³/mol. The Morgan fingerprint density at radius 2 is 2.17 bits per heavy atom. The average molecular weight is 246 g/mol. The standard InChI is InChI=1S/C13H14N2O3/c1-9-12(4-3-5-13(9)15(16)17)14-10(2)11-6-7-18-8-11/h3-8,10,14H,1-2H3. The molecule has 0 aliphatic heterocycles. The van der Waals surface area contributed by atoms with Crippen molar-refractivity contribution in [2.45, 2.75) is 19.9 Å². The fourth-order valence-electron chi connectivity index (χ4n) is 1.82. The van der Waals surface area contributed by atoms with Crippen molar-refractivity contribution in [2.75, 3.05) is 5.32 Å². The third-order valence-electron chi connectivity index (χ3n) is 2.92. The van der Waals surface area contributed by atoms with Gasteiger partial charge in [0.15, 0.2) is 0 Å². The maximum absolute atomic E-state index is 10.9. The Bertz CT molecular complexity index is 549. The molecule has 0 amide bonds. The molecule has 1 unspecified atom stereocenters. The summed E-state index contributed by atoms with van der Waals surface area (Å²) in [5.41, 5.74) is 2.52. The third-order valence-corrected chi connectivity index (χ3v) is 2.92. The summed E-state index contributed by atoms with van der Waals surface area (Å²) in [5.74, 6) is 0. The fourth-order valence-corrected chi connectivity index (χ4v) is 1.82. The largest absolute Gasteiger partial charge is 0.472 e. The summed E-state index contributed by atoms with van der Waals surface area (Å²) in [7, 11) is 0. The van der Waals surface area contributed by atoms with Gasteiger partial charge in [-0.3, -0.25) is 10.1 Å². The summed E-state index contributed by atoms with van der Waals surface area (Å²) in [4.78, 5) is 10.5. The molecular formula is C13H14N2O3. The molecule has 0 aliphatic carbocycles. The molecule has 1 aromatic carbocycles. The highest BCUT2D eigenvalue weighted by Gasteiger charge is 2.15. The lowest BCUT2D eigenvalue weighted by Crippen LogP contribution is -2.07. The van der Waals surface area contributed by atoms with Crippen LogP contribution in [0.3, 0.4) is 0 Å². The van der Waals surface area contributed by atoms with Gasteiger partial charge >= 0.3 is 0 Å². The number of furan rings is 1. The Kier molecular flexibility index (Phi) is 3.32. The van der Waals surface area contributed by atoms with E-state index in [1.54, 1.807) is 25.5 Å². The van der Waals surface area contributed by atoms with Gasteiger partial charge in [-0.2, -0.15) is 0 Å². The van der Waals surface area contributed by atoms with Crippen LogP contribution in [0.2, 0.25) is 0 Å². The maximum Gasteiger partial charge on any atom is 0.274 e. The van der Waals surface area contributed by atoms with Crippen molar-refractivity contribution in [2.24, 2.45) is 0 Å². The smallest absolute Gasteiger partial charge is 0.274 e. The van der Waals surface area contributed by atoms with E-state index in [-0.39, 0.29) is 16.7 Å². The Hall–Kier alpha value is -2.30. The van der Waals surface area contributed by atoms with Crippen LogP contribution >= 0.6 is 0 Å². The highest BCUT2D eigenvalue weighted by atomic mass is 16.6. The van der Waals surface area contributed by atoms with Gasteiger partial charge in [0, 0.05) is 22.9 Å². The average Bonchev–Trinajstić information content (AvgIpc) is 2.85.